The Morgan fingerprint density at radius 1 is 1.12 bits per heavy atom. The minimum absolute atomic E-state index is 0.0117. The standard InChI is InChI=1S/C22H23FN4O6S/c1-31-18-10-5-14(12-19(18)32-2)21-25-26-22(33-21)24-20(28)15-4-3-11-27(13-15)34(29,30)17-8-6-16(23)7-9-17/h5-10,12,15H,3-4,11,13H2,1-2H3,(H,24,26,28). The molecule has 180 valence electrons. The van der Waals surface area contributed by atoms with E-state index in [1.807, 2.05) is 0 Å². The molecular weight excluding hydrogens is 467 g/mol. The van der Waals surface area contributed by atoms with Gasteiger partial charge in [0.1, 0.15) is 5.82 Å². The second-order valence-electron chi connectivity index (χ2n) is 7.63. The number of hydrogen-bond acceptors (Lipinski definition) is 8. The first-order valence-corrected chi connectivity index (χ1v) is 11.9. The Hall–Kier alpha value is -3.51. The number of rotatable bonds is 7. The lowest BCUT2D eigenvalue weighted by Gasteiger charge is -2.30. The third-order valence-corrected chi connectivity index (χ3v) is 7.37. The van der Waals surface area contributed by atoms with Crippen LogP contribution in [0.25, 0.3) is 11.5 Å². The summed E-state index contributed by atoms with van der Waals surface area (Å²) in [4.78, 5) is 12.8. The average molecular weight is 491 g/mol. The molecule has 2 heterocycles. The van der Waals surface area contributed by atoms with Crippen LogP contribution in [0.2, 0.25) is 0 Å². The van der Waals surface area contributed by atoms with Gasteiger partial charge in [-0.2, -0.15) is 4.31 Å². The first-order valence-electron chi connectivity index (χ1n) is 10.4. The van der Waals surface area contributed by atoms with Crippen molar-refractivity contribution in [2.75, 3.05) is 32.6 Å². The maximum atomic E-state index is 13.2. The van der Waals surface area contributed by atoms with Gasteiger partial charge in [-0.15, -0.1) is 5.10 Å². The third-order valence-electron chi connectivity index (χ3n) is 5.49. The fourth-order valence-electron chi connectivity index (χ4n) is 3.70. The molecule has 2 aromatic carbocycles. The van der Waals surface area contributed by atoms with E-state index < -0.39 is 27.7 Å². The number of halogens is 1. The number of anilines is 1. The molecule has 0 saturated carbocycles. The van der Waals surface area contributed by atoms with Crippen LogP contribution in [-0.2, 0) is 14.8 Å². The molecule has 1 saturated heterocycles. The molecule has 0 radical (unpaired) electrons. The minimum Gasteiger partial charge on any atom is -0.493 e. The number of carbonyl (C=O) groups excluding carboxylic acids is 1. The summed E-state index contributed by atoms with van der Waals surface area (Å²) >= 11 is 0. The number of amides is 1. The number of methoxy groups -OCH3 is 2. The number of ether oxygens (including phenoxy) is 2. The fraction of sp³-hybridized carbons (Fsp3) is 0.318. The Kier molecular flexibility index (Phi) is 6.80. The maximum absolute atomic E-state index is 13.2. The molecule has 1 atom stereocenters. The molecule has 0 aliphatic carbocycles. The zero-order valence-corrected chi connectivity index (χ0v) is 19.3. The second-order valence-corrected chi connectivity index (χ2v) is 9.57. The number of nitrogens with one attached hydrogen (secondary N) is 1. The highest BCUT2D eigenvalue weighted by Crippen LogP contribution is 2.32. The van der Waals surface area contributed by atoms with Gasteiger partial charge in [-0.25, -0.2) is 12.8 Å². The van der Waals surface area contributed by atoms with Crippen LogP contribution in [0.1, 0.15) is 12.8 Å². The molecule has 1 unspecified atom stereocenters. The fourth-order valence-corrected chi connectivity index (χ4v) is 5.22. The summed E-state index contributed by atoms with van der Waals surface area (Å²) in [6, 6.07) is 9.56. The van der Waals surface area contributed by atoms with E-state index in [1.165, 1.54) is 30.7 Å². The first-order chi connectivity index (χ1) is 16.3. The second kappa shape index (κ2) is 9.77. The largest absolute Gasteiger partial charge is 0.493 e. The Balaban J connectivity index is 1.44. The molecule has 1 fully saturated rings. The van der Waals surface area contributed by atoms with E-state index in [-0.39, 0.29) is 29.9 Å². The molecular formula is C22H23FN4O6S. The molecule has 1 N–H and O–H groups in total. The van der Waals surface area contributed by atoms with Crippen LogP contribution in [0.5, 0.6) is 11.5 Å². The van der Waals surface area contributed by atoms with Crippen LogP contribution >= 0.6 is 0 Å². The molecule has 1 amide bonds. The van der Waals surface area contributed by atoms with Gasteiger partial charge < -0.3 is 13.9 Å². The van der Waals surface area contributed by atoms with Gasteiger partial charge in [0.2, 0.25) is 21.8 Å². The summed E-state index contributed by atoms with van der Waals surface area (Å²) in [6.07, 6.45) is 0.997. The highest BCUT2D eigenvalue weighted by molar-refractivity contribution is 7.89. The monoisotopic (exact) mass is 490 g/mol. The molecule has 0 bridgehead atoms. The Bertz CT molecular complexity index is 1280. The predicted molar refractivity (Wildman–Crippen MR) is 119 cm³/mol. The zero-order valence-electron chi connectivity index (χ0n) is 18.5. The van der Waals surface area contributed by atoms with Gasteiger partial charge in [-0.1, -0.05) is 5.10 Å². The van der Waals surface area contributed by atoms with E-state index in [0.717, 1.165) is 12.1 Å². The Morgan fingerprint density at radius 3 is 2.56 bits per heavy atom. The number of aromatic nitrogens is 2. The number of sulfonamides is 1. The Labute approximate surface area is 195 Å². The van der Waals surface area contributed by atoms with Crippen LogP contribution in [0.15, 0.2) is 51.8 Å². The van der Waals surface area contributed by atoms with Crippen LogP contribution < -0.4 is 14.8 Å². The summed E-state index contributed by atoms with van der Waals surface area (Å²) in [6.45, 7) is 0.260. The van der Waals surface area contributed by atoms with Crippen molar-refractivity contribution in [1.82, 2.24) is 14.5 Å². The predicted octanol–water partition coefficient (Wildman–Crippen LogP) is 2.93. The van der Waals surface area contributed by atoms with Crippen molar-refractivity contribution in [3.8, 4) is 23.0 Å². The molecule has 1 aliphatic heterocycles. The summed E-state index contributed by atoms with van der Waals surface area (Å²) in [5, 5.41) is 10.4. The highest BCUT2D eigenvalue weighted by Gasteiger charge is 2.34. The van der Waals surface area contributed by atoms with Gasteiger partial charge in [0, 0.05) is 18.7 Å². The van der Waals surface area contributed by atoms with Gasteiger partial charge >= 0.3 is 6.01 Å². The van der Waals surface area contributed by atoms with E-state index in [0.29, 0.717) is 29.9 Å². The minimum atomic E-state index is -3.85. The lowest BCUT2D eigenvalue weighted by Crippen LogP contribution is -2.43. The molecule has 4 rings (SSSR count). The van der Waals surface area contributed by atoms with Crippen molar-refractivity contribution < 1.29 is 31.5 Å². The highest BCUT2D eigenvalue weighted by atomic mass is 32.2. The van der Waals surface area contributed by atoms with Crippen molar-refractivity contribution in [1.29, 1.82) is 0 Å². The average Bonchev–Trinajstić information content (AvgIpc) is 3.32. The normalized spacial score (nSPS) is 16.7. The lowest BCUT2D eigenvalue weighted by atomic mass is 9.99. The molecule has 0 spiro atoms. The summed E-state index contributed by atoms with van der Waals surface area (Å²) in [7, 11) is -0.821. The molecule has 1 aromatic heterocycles. The van der Waals surface area contributed by atoms with Crippen molar-refractivity contribution in [2.45, 2.75) is 17.7 Å². The molecule has 1 aliphatic rings. The van der Waals surface area contributed by atoms with Gasteiger partial charge in [0.15, 0.2) is 11.5 Å². The smallest absolute Gasteiger partial charge is 0.322 e. The van der Waals surface area contributed by atoms with E-state index in [1.54, 1.807) is 18.2 Å². The summed E-state index contributed by atoms with van der Waals surface area (Å²) < 4.78 is 56.2. The number of carbonyl (C=O) groups is 1. The van der Waals surface area contributed by atoms with Crippen LogP contribution in [0, 0.1) is 11.7 Å². The molecule has 10 nitrogen and oxygen atoms in total. The lowest BCUT2D eigenvalue weighted by molar-refractivity contribution is -0.121. The quantitative estimate of drug-likeness (QED) is 0.536. The number of benzene rings is 2. The Morgan fingerprint density at radius 2 is 1.85 bits per heavy atom. The van der Waals surface area contributed by atoms with Gasteiger partial charge in [0.25, 0.3) is 0 Å². The zero-order chi connectivity index (χ0) is 24.3. The van der Waals surface area contributed by atoms with Crippen molar-refractivity contribution in [2.24, 2.45) is 5.92 Å². The first kappa shape index (κ1) is 23.6. The molecule has 34 heavy (non-hydrogen) atoms. The third kappa shape index (κ3) is 4.87. The van der Waals surface area contributed by atoms with Gasteiger partial charge in [-0.3, -0.25) is 10.1 Å². The number of nitrogens with zero attached hydrogens (tertiary/aromatic N) is 3. The van der Waals surface area contributed by atoms with Crippen LogP contribution in [0.3, 0.4) is 0 Å². The summed E-state index contributed by atoms with van der Waals surface area (Å²) in [5.74, 6) is -0.380. The maximum Gasteiger partial charge on any atom is 0.322 e. The van der Waals surface area contributed by atoms with E-state index in [2.05, 4.69) is 15.5 Å². The number of piperidine rings is 1. The van der Waals surface area contributed by atoms with Crippen LogP contribution in [-0.4, -0.2) is 56.1 Å². The molecule has 3 aromatic rings. The molecule has 12 heteroatoms. The van der Waals surface area contributed by atoms with E-state index in [4.69, 9.17) is 13.9 Å². The van der Waals surface area contributed by atoms with E-state index in [9.17, 15) is 17.6 Å². The van der Waals surface area contributed by atoms with Gasteiger partial charge in [0.05, 0.1) is 25.0 Å². The van der Waals surface area contributed by atoms with Crippen molar-refractivity contribution in [3.05, 3.63) is 48.3 Å². The van der Waals surface area contributed by atoms with E-state index >= 15 is 0 Å². The van der Waals surface area contributed by atoms with Crippen molar-refractivity contribution in [3.63, 3.8) is 0 Å². The van der Waals surface area contributed by atoms with Crippen LogP contribution in [0.4, 0.5) is 10.4 Å². The SMILES string of the molecule is COc1ccc(-c2nnc(NC(=O)C3CCCN(S(=O)(=O)c4ccc(F)cc4)C3)o2)cc1OC. The summed E-state index contributed by atoms with van der Waals surface area (Å²) in [5.41, 5.74) is 0.569. The van der Waals surface area contributed by atoms with Crippen molar-refractivity contribution >= 4 is 21.9 Å². The topological polar surface area (TPSA) is 124 Å². The van der Waals surface area contributed by atoms with Gasteiger partial charge in [-0.05, 0) is 55.3 Å². The number of hydrogen-bond donors (Lipinski definition) is 1.